The predicted octanol–water partition coefficient (Wildman–Crippen LogP) is 2.10. The van der Waals surface area contributed by atoms with Gasteiger partial charge in [-0.2, -0.15) is 0 Å². The third-order valence-electron chi connectivity index (χ3n) is 2.25. The molecule has 0 spiro atoms. The topological polar surface area (TPSA) is 63.8 Å². The van der Waals surface area contributed by atoms with E-state index in [0.29, 0.717) is 5.69 Å². The Bertz CT molecular complexity index is 359. The van der Waals surface area contributed by atoms with Crippen LogP contribution in [0, 0.1) is 0 Å². The summed E-state index contributed by atoms with van der Waals surface area (Å²) >= 11 is 4.81. The molecule has 16 heavy (non-hydrogen) atoms. The molecule has 0 saturated carbocycles. The summed E-state index contributed by atoms with van der Waals surface area (Å²) in [4.78, 5) is 8.63. The SMILES string of the molecule is CCCC(C)(C)Nc1cnc(C(N)=S)cn1. The lowest BCUT2D eigenvalue weighted by Gasteiger charge is -2.26. The number of nitrogens with one attached hydrogen (secondary N) is 1. The van der Waals surface area contributed by atoms with E-state index in [9.17, 15) is 0 Å². The zero-order chi connectivity index (χ0) is 12.2. The van der Waals surface area contributed by atoms with Gasteiger partial charge in [0.1, 0.15) is 16.5 Å². The lowest BCUT2D eigenvalue weighted by atomic mass is 9.99. The summed E-state index contributed by atoms with van der Waals surface area (Å²) in [5, 5.41) is 3.33. The molecular formula is C11H18N4S. The molecule has 1 heterocycles. The molecule has 0 unspecified atom stereocenters. The first-order valence-corrected chi connectivity index (χ1v) is 5.75. The van der Waals surface area contributed by atoms with Gasteiger partial charge in [-0.05, 0) is 20.3 Å². The van der Waals surface area contributed by atoms with Crippen LogP contribution in [-0.4, -0.2) is 20.5 Å². The highest BCUT2D eigenvalue weighted by atomic mass is 32.1. The van der Waals surface area contributed by atoms with Crippen LogP contribution in [0.15, 0.2) is 12.4 Å². The molecule has 0 saturated heterocycles. The molecule has 88 valence electrons. The highest BCUT2D eigenvalue weighted by Gasteiger charge is 2.16. The second-order valence-corrected chi connectivity index (χ2v) is 4.85. The van der Waals surface area contributed by atoms with Crippen LogP contribution in [0.5, 0.6) is 0 Å². The van der Waals surface area contributed by atoms with Crippen LogP contribution in [-0.2, 0) is 0 Å². The summed E-state index contributed by atoms with van der Waals surface area (Å²) in [5.74, 6) is 0.749. The minimum atomic E-state index is 0.0220. The summed E-state index contributed by atoms with van der Waals surface area (Å²) in [7, 11) is 0. The van der Waals surface area contributed by atoms with Gasteiger partial charge in [-0.25, -0.2) is 9.97 Å². The molecule has 0 atom stereocenters. The fourth-order valence-corrected chi connectivity index (χ4v) is 1.66. The Hall–Kier alpha value is -1.23. The van der Waals surface area contributed by atoms with Crippen LogP contribution in [0.1, 0.15) is 39.3 Å². The molecule has 1 rings (SSSR count). The Morgan fingerprint density at radius 1 is 1.44 bits per heavy atom. The minimum Gasteiger partial charge on any atom is -0.388 e. The molecule has 0 fully saturated rings. The molecule has 1 aromatic heterocycles. The van der Waals surface area contributed by atoms with Gasteiger partial charge in [-0.1, -0.05) is 25.6 Å². The second kappa shape index (κ2) is 5.21. The maximum Gasteiger partial charge on any atom is 0.144 e. The molecule has 0 aliphatic rings. The van der Waals surface area contributed by atoms with E-state index in [-0.39, 0.29) is 10.5 Å². The van der Waals surface area contributed by atoms with Gasteiger partial charge in [0.15, 0.2) is 0 Å². The molecule has 0 aliphatic heterocycles. The summed E-state index contributed by atoms with van der Waals surface area (Å²) in [5.41, 5.74) is 6.02. The van der Waals surface area contributed by atoms with Gasteiger partial charge in [0, 0.05) is 5.54 Å². The summed E-state index contributed by atoms with van der Waals surface area (Å²) in [6, 6.07) is 0. The van der Waals surface area contributed by atoms with Crippen molar-refractivity contribution in [2.45, 2.75) is 39.2 Å². The van der Waals surface area contributed by atoms with E-state index in [4.69, 9.17) is 18.0 Å². The second-order valence-electron chi connectivity index (χ2n) is 4.41. The Morgan fingerprint density at radius 3 is 2.56 bits per heavy atom. The van der Waals surface area contributed by atoms with E-state index in [0.717, 1.165) is 18.7 Å². The van der Waals surface area contributed by atoms with Gasteiger partial charge >= 0.3 is 0 Å². The maximum absolute atomic E-state index is 5.45. The molecule has 0 amide bonds. The summed E-state index contributed by atoms with van der Waals surface area (Å²) in [6.07, 6.45) is 5.45. The van der Waals surface area contributed by atoms with Crippen molar-refractivity contribution in [2.24, 2.45) is 5.73 Å². The van der Waals surface area contributed by atoms with E-state index in [2.05, 4.69) is 36.1 Å². The van der Waals surface area contributed by atoms with Crippen LogP contribution in [0.4, 0.5) is 5.82 Å². The van der Waals surface area contributed by atoms with Crippen LogP contribution >= 0.6 is 12.2 Å². The Kier molecular flexibility index (Phi) is 4.18. The molecule has 5 heteroatoms. The number of hydrogen-bond donors (Lipinski definition) is 2. The number of rotatable bonds is 5. The lowest BCUT2D eigenvalue weighted by molar-refractivity contribution is 0.509. The molecule has 4 nitrogen and oxygen atoms in total. The van der Waals surface area contributed by atoms with E-state index < -0.39 is 0 Å². The standard InChI is InChI=1S/C11H18N4S/c1-4-5-11(2,3)15-9-7-13-8(6-14-9)10(12)16/h6-7H,4-5H2,1-3H3,(H2,12,16)(H,14,15). The van der Waals surface area contributed by atoms with E-state index in [1.165, 1.54) is 0 Å². The van der Waals surface area contributed by atoms with Crippen LogP contribution in [0.3, 0.4) is 0 Å². The molecule has 3 N–H and O–H groups in total. The first-order chi connectivity index (χ1) is 7.44. The van der Waals surface area contributed by atoms with Crippen molar-refractivity contribution in [2.75, 3.05) is 5.32 Å². The van der Waals surface area contributed by atoms with Gasteiger partial charge in [-0.15, -0.1) is 0 Å². The zero-order valence-corrected chi connectivity index (χ0v) is 10.8. The number of thiocarbonyl (C=S) groups is 1. The molecule has 0 radical (unpaired) electrons. The lowest BCUT2D eigenvalue weighted by Crippen LogP contribution is -2.31. The molecule has 0 aliphatic carbocycles. The highest BCUT2D eigenvalue weighted by Crippen LogP contribution is 2.17. The Morgan fingerprint density at radius 2 is 2.12 bits per heavy atom. The zero-order valence-electron chi connectivity index (χ0n) is 9.95. The number of nitrogens with two attached hydrogens (primary N) is 1. The van der Waals surface area contributed by atoms with Crippen molar-refractivity contribution in [3.63, 3.8) is 0 Å². The van der Waals surface area contributed by atoms with Crippen molar-refractivity contribution < 1.29 is 0 Å². The van der Waals surface area contributed by atoms with Crippen molar-refractivity contribution in [3.05, 3.63) is 18.1 Å². The van der Waals surface area contributed by atoms with Crippen LogP contribution in [0.25, 0.3) is 0 Å². The van der Waals surface area contributed by atoms with Gasteiger partial charge in [0.2, 0.25) is 0 Å². The van der Waals surface area contributed by atoms with Crippen molar-refractivity contribution in [1.29, 1.82) is 0 Å². The first kappa shape index (κ1) is 12.8. The molecule has 0 bridgehead atoms. The molecule has 0 aromatic carbocycles. The third kappa shape index (κ3) is 3.73. The van der Waals surface area contributed by atoms with Crippen molar-refractivity contribution in [1.82, 2.24) is 9.97 Å². The quantitative estimate of drug-likeness (QED) is 0.769. The predicted molar refractivity (Wildman–Crippen MR) is 70.5 cm³/mol. The number of hydrogen-bond acceptors (Lipinski definition) is 4. The van der Waals surface area contributed by atoms with Crippen LogP contribution < -0.4 is 11.1 Å². The van der Waals surface area contributed by atoms with E-state index in [1.54, 1.807) is 12.4 Å². The minimum absolute atomic E-state index is 0.0220. The van der Waals surface area contributed by atoms with Crippen molar-refractivity contribution >= 4 is 23.0 Å². The summed E-state index contributed by atoms with van der Waals surface area (Å²) in [6.45, 7) is 6.43. The average molecular weight is 238 g/mol. The largest absolute Gasteiger partial charge is 0.388 e. The average Bonchev–Trinajstić information content (AvgIpc) is 2.17. The van der Waals surface area contributed by atoms with Gasteiger partial charge < -0.3 is 11.1 Å². The monoisotopic (exact) mass is 238 g/mol. The Balaban J connectivity index is 2.72. The number of anilines is 1. The van der Waals surface area contributed by atoms with E-state index in [1.807, 2.05) is 0 Å². The fraction of sp³-hybridized carbons (Fsp3) is 0.545. The highest BCUT2D eigenvalue weighted by molar-refractivity contribution is 7.80. The van der Waals surface area contributed by atoms with Crippen LogP contribution in [0.2, 0.25) is 0 Å². The van der Waals surface area contributed by atoms with E-state index >= 15 is 0 Å². The maximum atomic E-state index is 5.45. The van der Waals surface area contributed by atoms with Gasteiger partial charge in [-0.3, -0.25) is 0 Å². The fourth-order valence-electron chi connectivity index (χ4n) is 1.55. The van der Waals surface area contributed by atoms with Crippen molar-refractivity contribution in [3.8, 4) is 0 Å². The third-order valence-corrected chi connectivity index (χ3v) is 2.45. The van der Waals surface area contributed by atoms with Gasteiger partial charge in [0.25, 0.3) is 0 Å². The molecule has 1 aromatic rings. The Labute approximate surface area is 102 Å². The first-order valence-electron chi connectivity index (χ1n) is 5.34. The molecular weight excluding hydrogens is 220 g/mol. The normalized spacial score (nSPS) is 11.2. The van der Waals surface area contributed by atoms with Gasteiger partial charge in [0.05, 0.1) is 12.4 Å². The number of nitrogens with zero attached hydrogens (tertiary/aromatic N) is 2. The summed E-state index contributed by atoms with van der Waals surface area (Å²) < 4.78 is 0. The number of aromatic nitrogens is 2. The smallest absolute Gasteiger partial charge is 0.144 e.